The number of nitrogens with zero attached hydrogens (tertiary/aromatic N) is 1. The van der Waals surface area contributed by atoms with Crippen LogP contribution in [0, 0.1) is 6.92 Å². The smallest absolute Gasteiger partial charge is 0.223 e. The summed E-state index contributed by atoms with van der Waals surface area (Å²) in [5, 5.41) is 3.36. The minimum Gasteiger partial charge on any atom is -0.494 e. The summed E-state index contributed by atoms with van der Waals surface area (Å²) in [5.41, 5.74) is 3.97. The van der Waals surface area contributed by atoms with Gasteiger partial charge in [0.25, 0.3) is 0 Å². The van der Waals surface area contributed by atoms with E-state index in [0.717, 1.165) is 30.9 Å². The average Bonchev–Trinajstić information content (AvgIpc) is 2.98. The van der Waals surface area contributed by atoms with Crippen LogP contribution in [0.25, 0.3) is 6.08 Å². The zero-order chi connectivity index (χ0) is 23.5. The van der Waals surface area contributed by atoms with Gasteiger partial charge in [-0.25, -0.2) is 0 Å². The van der Waals surface area contributed by atoms with Crippen LogP contribution in [-0.2, 0) is 10.2 Å². The molecule has 176 valence electrons. The summed E-state index contributed by atoms with van der Waals surface area (Å²) in [5.74, 6) is 1.01. The van der Waals surface area contributed by atoms with E-state index in [1.165, 1.54) is 42.5 Å². The Labute approximate surface area is 199 Å². The number of carbonyl (C=O) groups is 1. The fourth-order valence-electron chi connectivity index (χ4n) is 5.29. The number of anilines is 1. The van der Waals surface area contributed by atoms with Crippen molar-refractivity contribution in [3.05, 3.63) is 65.2 Å². The number of fused-ring (bicyclic) bond motifs is 3. The summed E-state index contributed by atoms with van der Waals surface area (Å²) in [6.07, 6.45) is 11.0. The van der Waals surface area contributed by atoms with Crippen LogP contribution in [0.5, 0.6) is 5.75 Å². The molecule has 0 radical (unpaired) electrons. The number of rotatable bonds is 9. The van der Waals surface area contributed by atoms with Crippen molar-refractivity contribution in [1.29, 1.82) is 0 Å². The van der Waals surface area contributed by atoms with Crippen LogP contribution >= 0.6 is 0 Å². The van der Waals surface area contributed by atoms with Crippen LogP contribution in [0.4, 0.5) is 5.69 Å². The maximum Gasteiger partial charge on any atom is 0.223 e. The number of amides is 1. The highest BCUT2D eigenvalue weighted by molar-refractivity contribution is 5.84. The summed E-state index contributed by atoms with van der Waals surface area (Å²) < 4.78 is 6.01. The highest BCUT2D eigenvalue weighted by atomic mass is 16.5. The predicted octanol–water partition coefficient (Wildman–Crippen LogP) is 6.37. The molecular weight excluding hydrogens is 408 g/mol. The summed E-state index contributed by atoms with van der Waals surface area (Å²) >= 11 is 0. The molecular formula is C29H38N2O2. The number of hydrogen-bond acceptors (Lipinski definition) is 3. The SMILES string of the molecule is CCCCCCCOc1cccc(/C=C/[C@]23NC(=O)CCN2c2ccc(C)cc2C3(C)C)c1. The molecule has 4 nitrogen and oxygen atoms in total. The Hall–Kier alpha value is -2.75. The van der Waals surface area contributed by atoms with E-state index in [-0.39, 0.29) is 11.3 Å². The molecule has 33 heavy (non-hydrogen) atoms. The molecule has 1 saturated heterocycles. The number of hydrogen-bond donors (Lipinski definition) is 1. The lowest BCUT2D eigenvalue weighted by atomic mass is 9.74. The largest absolute Gasteiger partial charge is 0.494 e. The third kappa shape index (κ3) is 4.53. The molecule has 0 bridgehead atoms. The lowest BCUT2D eigenvalue weighted by molar-refractivity contribution is -0.124. The summed E-state index contributed by atoms with van der Waals surface area (Å²) in [7, 11) is 0. The predicted molar refractivity (Wildman–Crippen MR) is 137 cm³/mol. The van der Waals surface area contributed by atoms with Crippen LogP contribution in [0.3, 0.4) is 0 Å². The normalized spacial score (nSPS) is 21.1. The van der Waals surface area contributed by atoms with E-state index in [1.807, 2.05) is 12.1 Å². The van der Waals surface area contributed by atoms with Gasteiger partial charge in [0.2, 0.25) is 5.91 Å². The number of carbonyl (C=O) groups excluding carboxylic acids is 1. The summed E-state index contributed by atoms with van der Waals surface area (Å²) in [6, 6.07) is 14.9. The van der Waals surface area contributed by atoms with Crippen molar-refractivity contribution in [2.24, 2.45) is 0 Å². The summed E-state index contributed by atoms with van der Waals surface area (Å²) in [6.45, 7) is 10.3. The zero-order valence-electron chi connectivity index (χ0n) is 20.6. The Morgan fingerprint density at radius 1 is 1.09 bits per heavy atom. The van der Waals surface area contributed by atoms with E-state index < -0.39 is 5.66 Å². The first-order valence-electron chi connectivity index (χ1n) is 12.5. The van der Waals surface area contributed by atoms with Crippen molar-refractivity contribution in [2.75, 3.05) is 18.1 Å². The molecule has 2 aromatic rings. The Balaban J connectivity index is 1.55. The van der Waals surface area contributed by atoms with E-state index in [0.29, 0.717) is 6.42 Å². The Bertz CT molecular complexity index is 1030. The van der Waals surface area contributed by atoms with Gasteiger partial charge in [-0.05, 0) is 48.7 Å². The zero-order valence-corrected chi connectivity index (χ0v) is 20.6. The molecule has 0 saturated carbocycles. The second-order valence-corrected chi connectivity index (χ2v) is 10.0. The van der Waals surface area contributed by atoms with Gasteiger partial charge in [-0.15, -0.1) is 0 Å². The van der Waals surface area contributed by atoms with Crippen molar-refractivity contribution in [3.63, 3.8) is 0 Å². The second-order valence-electron chi connectivity index (χ2n) is 10.0. The molecule has 0 aliphatic carbocycles. The molecule has 1 fully saturated rings. The number of ether oxygens (including phenoxy) is 1. The van der Waals surface area contributed by atoms with E-state index in [2.05, 4.69) is 80.4 Å². The molecule has 1 atom stereocenters. The van der Waals surface area contributed by atoms with Gasteiger partial charge in [-0.2, -0.15) is 0 Å². The maximum absolute atomic E-state index is 12.6. The molecule has 0 aromatic heterocycles. The molecule has 0 unspecified atom stereocenters. The fraction of sp³-hybridized carbons (Fsp3) is 0.483. The van der Waals surface area contributed by atoms with Gasteiger partial charge in [-0.1, -0.05) is 82.4 Å². The number of unbranched alkanes of at least 4 members (excludes halogenated alkanes) is 4. The Morgan fingerprint density at radius 3 is 2.73 bits per heavy atom. The second kappa shape index (κ2) is 9.62. The van der Waals surface area contributed by atoms with Gasteiger partial charge in [0.1, 0.15) is 11.4 Å². The third-order valence-electron chi connectivity index (χ3n) is 7.28. The highest BCUT2D eigenvalue weighted by Gasteiger charge is 2.57. The molecule has 2 heterocycles. The molecule has 4 heteroatoms. The Morgan fingerprint density at radius 2 is 1.91 bits per heavy atom. The molecule has 2 aliphatic heterocycles. The number of benzene rings is 2. The average molecular weight is 447 g/mol. The van der Waals surface area contributed by atoms with Crippen molar-refractivity contribution in [1.82, 2.24) is 5.32 Å². The fourth-order valence-corrected chi connectivity index (χ4v) is 5.29. The van der Waals surface area contributed by atoms with Gasteiger partial charge in [-0.3, -0.25) is 4.79 Å². The van der Waals surface area contributed by atoms with E-state index in [9.17, 15) is 4.79 Å². The monoisotopic (exact) mass is 446 g/mol. The molecule has 0 spiro atoms. The molecule has 1 N–H and O–H groups in total. The van der Waals surface area contributed by atoms with Crippen LogP contribution in [-0.4, -0.2) is 24.7 Å². The van der Waals surface area contributed by atoms with Gasteiger partial charge in [0.15, 0.2) is 0 Å². The maximum atomic E-state index is 12.6. The first-order chi connectivity index (χ1) is 15.9. The van der Waals surface area contributed by atoms with Gasteiger partial charge >= 0.3 is 0 Å². The lowest BCUT2D eigenvalue weighted by Gasteiger charge is -2.49. The minimum atomic E-state index is -0.589. The minimum absolute atomic E-state index is 0.105. The van der Waals surface area contributed by atoms with E-state index in [1.54, 1.807) is 0 Å². The van der Waals surface area contributed by atoms with E-state index in [4.69, 9.17) is 4.74 Å². The molecule has 2 aliphatic rings. The summed E-state index contributed by atoms with van der Waals surface area (Å²) in [4.78, 5) is 15.0. The van der Waals surface area contributed by atoms with Gasteiger partial charge in [0, 0.05) is 24.1 Å². The van der Waals surface area contributed by atoms with Crippen molar-refractivity contribution < 1.29 is 9.53 Å². The standard InChI is InChI=1S/C29H38N2O2/c1-5-6-7-8-9-19-33-24-12-10-11-23(21-24)15-17-29-28(3,4)25-20-22(2)13-14-26(25)31(29)18-16-27(32)30-29/h10-15,17,20-21H,5-9,16,18-19H2,1-4H3,(H,30,32)/b17-15+/t29-/m0/s1. The lowest BCUT2D eigenvalue weighted by Crippen LogP contribution is -2.68. The topological polar surface area (TPSA) is 41.6 Å². The van der Waals surface area contributed by atoms with Gasteiger partial charge in [0.05, 0.1) is 6.61 Å². The molecule has 1 amide bonds. The highest BCUT2D eigenvalue weighted by Crippen LogP contribution is 2.52. The van der Waals surface area contributed by atoms with Crippen molar-refractivity contribution in [3.8, 4) is 5.75 Å². The van der Waals surface area contributed by atoms with Crippen molar-refractivity contribution in [2.45, 2.75) is 77.3 Å². The first-order valence-corrected chi connectivity index (χ1v) is 12.5. The van der Waals surface area contributed by atoms with E-state index >= 15 is 0 Å². The van der Waals surface area contributed by atoms with Crippen LogP contribution in [0.2, 0.25) is 0 Å². The quantitative estimate of drug-likeness (QED) is 0.455. The molecule has 2 aromatic carbocycles. The number of aryl methyl sites for hydroxylation is 1. The van der Waals surface area contributed by atoms with Crippen molar-refractivity contribution >= 4 is 17.7 Å². The van der Waals surface area contributed by atoms with Crippen LogP contribution < -0.4 is 15.0 Å². The van der Waals surface area contributed by atoms with Crippen LogP contribution in [0.1, 0.15) is 76.0 Å². The van der Waals surface area contributed by atoms with Crippen LogP contribution in [0.15, 0.2) is 48.5 Å². The first kappa shape index (κ1) is 23.4. The molecule has 4 rings (SSSR count). The third-order valence-corrected chi connectivity index (χ3v) is 7.28. The number of nitrogens with one attached hydrogen (secondary N) is 1. The van der Waals surface area contributed by atoms with Gasteiger partial charge < -0.3 is 15.0 Å². The Kier molecular flexibility index (Phi) is 6.83.